The minimum absolute atomic E-state index is 0.0434. The third kappa shape index (κ3) is 4.14. The van der Waals surface area contributed by atoms with Gasteiger partial charge in [0.05, 0.1) is 5.69 Å². The first-order valence-corrected chi connectivity index (χ1v) is 8.23. The van der Waals surface area contributed by atoms with E-state index in [0.29, 0.717) is 30.5 Å². The van der Waals surface area contributed by atoms with E-state index >= 15 is 0 Å². The highest BCUT2D eigenvalue weighted by Gasteiger charge is 2.21. The molecule has 0 unspecified atom stereocenters. The predicted molar refractivity (Wildman–Crippen MR) is 90.7 cm³/mol. The molecule has 128 valence electrons. The number of piperazine rings is 1. The summed E-state index contributed by atoms with van der Waals surface area (Å²) in [6, 6.07) is 7.44. The largest absolute Gasteiger partial charge is 0.444 e. The Morgan fingerprint density at radius 2 is 2.12 bits per heavy atom. The Balaban J connectivity index is 1.56. The molecule has 7 heteroatoms. The van der Waals surface area contributed by atoms with Crippen LogP contribution in [-0.2, 0) is 16.1 Å². The third-order valence-electron chi connectivity index (χ3n) is 4.00. The maximum atomic E-state index is 11.8. The normalized spacial score (nSPS) is 15.7. The van der Waals surface area contributed by atoms with Crippen molar-refractivity contribution in [3.05, 3.63) is 41.2 Å². The summed E-state index contributed by atoms with van der Waals surface area (Å²) in [4.78, 5) is 20.4. The van der Waals surface area contributed by atoms with Gasteiger partial charge >= 0.3 is 0 Å². The van der Waals surface area contributed by atoms with Gasteiger partial charge in [-0.2, -0.15) is 0 Å². The Morgan fingerprint density at radius 1 is 1.33 bits per heavy atom. The average molecular weight is 350 g/mol. The second kappa shape index (κ2) is 7.79. The van der Waals surface area contributed by atoms with E-state index in [-0.39, 0.29) is 12.5 Å². The molecular formula is C17H20ClN3O3. The molecule has 0 atom stereocenters. The molecule has 0 aliphatic carbocycles. The molecule has 1 aliphatic heterocycles. The molecule has 6 nitrogen and oxygen atoms in total. The molecule has 0 radical (unpaired) electrons. The van der Waals surface area contributed by atoms with Crippen LogP contribution in [0.15, 0.2) is 34.9 Å². The van der Waals surface area contributed by atoms with Gasteiger partial charge in [0.15, 0.2) is 0 Å². The van der Waals surface area contributed by atoms with Crippen molar-refractivity contribution < 1.29 is 13.9 Å². The lowest BCUT2D eigenvalue weighted by molar-refractivity contribution is -0.136. The molecular weight excluding hydrogens is 330 g/mol. The molecule has 3 rings (SSSR count). The number of rotatable bonds is 5. The molecule has 24 heavy (non-hydrogen) atoms. The van der Waals surface area contributed by atoms with Crippen LogP contribution in [0.4, 0.5) is 0 Å². The van der Waals surface area contributed by atoms with Crippen molar-refractivity contribution in [2.75, 3.05) is 39.9 Å². The Kier molecular flexibility index (Phi) is 5.50. The molecule has 0 spiro atoms. The quantitative estimate of drug-likeness (QED) is 0.829. The van der Waals surface area contributed by atoms with Gasteiger partial charge in [-0.1, -0.05) is 17.7 Å². The highest BCUT2D eigenvalue weighted by molar-refractivity contribution is 6.30. The zero-order valence-electron chi connectivity index (χ0n) is 13.6. The van der Waals surface area contributed by atoms with Crippen molar-refractivity contribution in [1.82, 2.24) is 14.8 Å². The highest BCUT2D eigenvalue weighted by atomic mass is 35.5. The molecule has 1 aromatic heterocycles. The first kappa shape index (κ1) is 17.0. The van der Waals surface area contributed by atoms with Gasteiger partial charge in [0, 0.05) is 50.4 Å². The topological polar surface area (TPSA) is 58.8 Å². The lowest BCUT2D eigenvalue weighted by Crippen LogP contribution is -2.49. The first-order valence-electron chi connectivity index (χ1n) is 7.85. The number of halogens is 1. The number of oxazole rings is 1. The number of carbonyl (C=O) groups excluding carboxylic acids is 1. The number of amides is 1. The van der Waals surface area contributed by atoms with E-state index in [9.17, 15) is 4.79 Å². The summed E-state index contributed by atoms with van der Waals surface area (Å²) in [7, 11) is 1.54. The molecule has 1 saturated heterocycles. The number of hydrogen-bond donors (Lipinski definition) is 0. The van der Waals surface area contributed by atoms with Gasteiger partial charge in [-0.25, -0.2) is 4.98 Å². The summed E-state index contributed by atoms with van der Waals surface area (Å²) in [5, 5.41) is 0.657. The molecule has 2 aromatic rings. The van der Waals surface area contributed by atoms with E-state index in [1.165, 1.54) is 7.11 Å². The fourth-order valence-corrected chi connectivity index (χ4v) is 2.92. The number of aromatic nitrogens is 1. The molecule has 1 aromatic carbocycles. The highest BCUT2D eigenvalue weighted by Crippen LogP contribution is 2.22. The zero-order valence-corrected chi connectivity index (χ0v) is 14.3. The van der Waals surface area contributed by atoms with Crippen molar-refractivity contribution in [3.63, 3.8) is 0 Å². The molecule has 0 saturated carbocycles. The van der Waals surface area contributed by atoms with Crippen molar-refractivity contribution in [2.24, 2.45) is 0 Å². The molecule has 0 N–H and O–H groups in total. The lowest BCUT2D eigenvalue weighted by Gasteiger charge is -2.34. The number of ether oxygens (including phenoxy) is 1. The Hall–Kier alpha value is -1.89. The lowest BCUT2D eigenvalue weighted by atomic mass is 10.2. The molecule has 1 aliphatic rings. The van der Waals surface area contributed by atoms with E-state index in [0.717, 1.165) is 24.3 Å². The molecule has 0 bridgehead atoms. The Bertz CT molecular complexity index is 696. The summed E-state index contributed by atoms with van der Waals surface area (Å²) in [5.74, 6) is 0.614. The van der Waals surface area contributed by atoms with E-state index in [4.69, 9.17) is 20.8 Å². The summed E-state index contributed by atoms with van der Waals surface area (Å²) in [6.07, 6.45) is 1.68. The number of methoxy groups -OCH3 is 1. The van der Waals surface area contributed by atoms with E-state index in [2.05, 4.69) is 9.88 Å². The van der Waals surface area contributed by atoms with Crippen molar-refractivity contribution >= 4 is 17.5 Å². The molecule has 1 fully saturated rings. The summed E-state index contributed by atoms with van der Waals surface area (Å²) in [5.41, 5.74) is 1.74. The van der Waals surface area contributed by atoms with Crippen LogP contribution < -0.4 is 0 Å². The minimum atomic E-state index is 0.0434. The van der Waals surface area contributed by atoms with E-state index in [1.807, 2.05) is 29.2 Å². The molecule has 2 heterocycles. The Morgan fingerprint density at radius 3 is 2.83 bits per heavy atom. The second-order valence-electron chi connectivity index (χ2n) is 5.74. The van der Waals surface area contributed by atoms with Gasteiger partial charge in [-0.05, 0) is 18.2 Å². The van der Waals surface area contributed by atoms with Crippen LogP contribution in [0.3, 0.4) is 0 Å². The SMILES string of the molecule is COCC(=O)N1CCN(Cc2coc(-c3cccc(Cl)c3)n2)CC1. The van der Waals surface area contributed by atoms with E-state index < -0.39 is 0 Å². The van der Waals surface area contributed by atoms with Crippen LogP contribution in [0.1, 0.15) is 5.69 Å². The van der Waals surface area contributed by atoms with Crippen molar-refractivity contribution in [1.29, 1.82) is 0 Å². The fourth-order valence-electron chi connectivity index (χ4n) is 2.73. The Labute approximate surface area is 146 Å². The van der Waals surface area contributed by atoms with Crippen molar-refractivity contribution in [3.8, 4) is 11.5 Å². The van der Waals surface area contributed by atoms with Crippen LogP contribution in [0.25, 0.3) is 11.5 Å². The van der Waals surface area contributed by atoms with Gasteiger partial charge in [0.25, 0.3) is 0 Å². The minimum Gasteiger partial charge on any atom is -0.444 e. The monoisotopic (exact) mass is 349 g/mol. The maximum absolute atomic E-state index is 11.8. The maximum Gasteiger partial charge on any atom is 0.248 e. The smallest absolute Gasteiger partial charge is 0.248 e. The number of hydrogen-bond acceptors (Lipinski definition) is 5. The summed E-state index contributed by atoms with van der Waals surface area (Å²) >= 11 is 6.00. The van der Waals surface area contributed by atoms with Gasteiger partial charge < -0.3 is 14.1 Å². The number of nitrogens with zero attached hydrogens (tertiary/aromatic N) is 3. The summed E-state index contributed by atoms with van der Waals surface area (Å²) < 4.78 is 10.5. The third-order valence-corrected chi connectivity index (χ3v) is 4.24. The van der Waals surface area contributed by atoms with Crippen LogP contribution in [0, 0.1) is 0 Å². The van der Waals surface area contributed by atoms with Crippen molar-refractivity contribution in [2.45, 2.75) is 6.54 Å². The van der Waals surface area contributed by atoms with Crippen LogP contribution in [0.5, 0.6) is 0 Å². The summed E-state index contributed by atoms with van der Waals surface area (Å²) in [6.45, 7) is 3.90. The predicted octanol–water partition coefficient (Wildman–Crippen LogP) is 2.29. The van der Waals surface area contributed by atoms with Gasteiger partial charge in [-0.3, -0.25) is 9.69 Å². The molecule has 1 amide bonds. The second-order valence-corrected chi connectivity index (χ2v) is 6.18. The van der Waals surface area contributed by atoms with Gasteiger partial charge in [0.1, 0.15) is 12.9 Å². The standard InChI is InChI=1S/C17H20ClN3O3/c1-23-12-16(22)21-7-5-20(6-8-21)10-15-11-24-17(19-15)13-3-2-4-14(18)9-13/h2-4,9,11H,5-8,10,12H2,1H3. The van der Waals surface area contributed by atoms with Gasteiger partial charge in [-0.15, -0.1) is 0 Å². The van der Waals surface area contributed by atoms with Crippen LogP contribution in [-0.4, -0.2) is 60.6 Å². The zero-order chi connectivity index (χ0) is 16.9. The fraction of sp³-hybridized carbons (Fsp3) is 0.412. The average Bonchev–Trinajstić information content (AvgIpc) is 3.04. The first-order chi connectivity index (χ1) is 11.7. The number of benzene rings is 1. The number of carbonyl (C=O) groups is 1. The van der Waals surface area contributed by atoms with E-state index in [1.54, 1.807) is 6.26 Å². The van der Waals surface area contributed by atoms with Gasteiger partial charge in [0.2, 0.25) is 11.8 Å². The van der Waals surface area contributed by atoms with Crippen LogP contribution in [0.2, 0.25) is 5.02 Å². The van der Waals surface area contributed by atoms with Crippen LogP contribution >= 0.6 is 11.6 Å².